The third-order valence-electron chi connectivity index (χ3n) is 4.60. The highest BCUT2D eigenvalue weighted by atomic mass is 35.5. The maximum atomic E-state index is 11.9. The van der Waals surface area contributed by atoms with Crippen LogP contribution in [0.1, 0.15) is 23.6 Å². The Morgan fingerprint density at radius 3 is 2.22 bits per heavy atom. The first-order valence-corrected chi connectivity index (χ1v) is 10.6. The number of amides is 1. The number of ether oxygens (including phenoxy) is 2. The Morgan fingerprint density at radius 2 is 1.56 bits per heavy atom. The molecule has 0 radical (unpaired) electrons. The fourth-order valence-electron chi connectivity index (χ4n) is 2.79. The molecule has 1 amide bonds. The average Bonchev–Trinajstić information content (AvgIpc) is 2.82. The highest BCUT2D eigenvalue weighted by Crippen LogP contribution is 2.16. The van der Waals surface area contributed by atoms with E-state index in [2.05, 4.69) is 12.2 Å². The van der Waals surface area contributed by atoms with Crippen LogP contribution in [0.3, 0.4) is 0 Å². The van der Waals surface area contributed by atoms with Gasteiger partial charge < -0.3 is 14.8 Å². The highest BCUT2D eigenvalue weighted by Gasteiger charge is 2.06. The molecule has 3 aromatic rings. The molecule has 6 heteroatoms. The van der Waals surface area contributed by atoms with Crippen molar-refractivity contribution in [2.75, 3.05) is 11.9 Å². The number of nitrogens with one attached hydrogen (secondary N) is 1. The van der Waals surface area contributed by atoms with Crippen LogP contribution in [0.4, 0.5) is 5.69 Å². The van der Waals surface area contributed by atoms with E-state index in [1.54, 1.807) is 6.08 Å². The quantitative estimate of drug-likeness (QED) is 0.337. The number of hydrogen-bond acceptors (Lipinski definition) is 4. The lowest BCUT2D eigenvalue weighted by atomic mass is 10.1. The Bertz CT molecular complexity index is 1060. The molecular weight excluding hydrogens is 426 g/mol. The lowest BCUT2D eigenvalue weighted by Crippen LogP contribution is -2.20. The van der Waals surface area contributed by atoms with Crippen LogP contribution >= 0.6 is 11.6 Å². The summed E-state index contributed by atoms with van der Waals surface area (Å²) in [6.07, 6.45) is 3.83. The Balaban J connectivity index is 1.41. The first-order chi connectivity index (χ1) is 15.5. The van der Waals surface area contributed by atoms with E-state index >= 15 is 0 Å². The molecule has 0 unspecified atom stereocenters. The van der Waals surface area contributed by atoms with Crippen molar-refractivity contribution in [1.29, 1.82) is 0 Å². The topological polar surface area (TPSA) is 64.6 Å². The van der Waals surface area contributed by atoms with Gasteiger partial charge in [0.25, 0.3) is 5.91 Å². The molecule has 0 heterocycles. The zero-order chi connectivity index (χ0) is 22.8. The highest BCUT2D eigenvalue weighted by molar-refractivity contribution is 6.30. The lowest BCUT2D eigenvalue weighted by Gasteiger charge is -2.07. The second kappa shape index (κ2) is 11.7. The van der Waals surface area contributed by atoms with Gasteiger partial charge in [-0.3, -0.25) is 4.79 Å². The van der Waals surface area contributed by atoms with Gasteiger partial charge in [0.15, 0.2) is 6.61 Å². The van der Waals surface area contributed by atoms with Gasteiger partial charge in [0.1, 0.15) is 12.4 Å². The van der Waals surface area contributed by atoms with Crippen molar-refractivity contribution >= 4 is 35.2 Å². The number of halogens is 1. The van der Waals surface area contributed by atoms with Crippen molar-refractivity contribution in [1.82, 2.24) is 0 Å². The van der Waals surface area contributed by atoms with E-state index < -0.39 is 11.9 Å². The molecule has 164 valence electrons. The van der Waals surface area contributed by atoms with E-state index in [1.807, 2.05) is 72.8 Å². The fourth-order valence-corrected chi connectivity index (χ4v) is 2.92. The SMILES string of the molecule is CCc1ccc(NC(=O)COC(=O)/C=C/c2ccc(OCc3ccc(Cl)cc3)cc2)cc1. The van der Waals surface area contributed by atoms with E-state index in [9.17, 15) is 9.59 Å². The molecule has 0 spiro atoms. The van der Waals surface area contributed by atoms with Crippen molar-refractivity contribution < 1.29 is 19.1 Å². The molecule has 5 nitrogen and oxygen atoms in total. The Kier molecular flexibility index (Phi) is 8.46. The summed E-state index contributed by atoms with van der Waals surface area (Å²) in [5, 5.41) is 3.38. The van der Waals surface area contributed by atoms with Gasteiger partial charge in [-0.05, 0) is 65.6 Å². The molecule has 0 bridgehead atoms. The standard InChI is InChI=1S/C26H24ClNO4/c1-2-19-5-12-23(13-6-19)28-25(29)18-32-26(30)16-9-20-7-14-24(15-8-20)31-17-21-3-10-22(27)11-4-21/h3-16H,2,17-18H2,1H3,(H,28,29)/b16-9+. The predicted octanol–water partition coefficient (Wildman–Crippen LogP) is 5.68. The van der Waals surface area contributed by atoms with Crippen LogP contribution in [0.2, 0.25) is 5.02 Å². The first-order valence-electron chi connectivity index (χ1n) is 10.2. The van der Waals surface area contributed by atoms with Gasteiger partial charge in [0.2, 0.25) is 0 Å². The van der Waals surface area contributed by atoms with Crippen LogP contribution in [-0.2, 0) is 27.4 Å². The molecule has 0 atom stereocenters. The van der Waals surface area contributed by atoms with Crippen LogP contribution in [0.5, 0.6) is 5.75 Å². The van der Waals surface area contributed by atoms with Crippen LogP contribution in [0.15, 0.2) is 78.9 Å². The van der Waals surface area contributed by atoms with Crippen molar-refractivity contribution in [2.45, 2.75) is 20.0 Å². The summed E-state index contributed by atoms with van der Waals surface area (Å²) >= 11 is 5.88. The van der Waals surface area contributed by atoms with Gasteiger partial charge >= 0.3 is 5.97 Å². The van der Waals surface area contributed by atoms with Gasteiger partial charge in [0.05, 0.1) is 0 Å². The zero-order valence-electron chi connectivity index (χ0n) is 17.7. The van der Waals surface area contributed by atoms with Gasteiger partial charge in [-0.25, -0.2) is 4.79 Å². The maximum Gasteiger partial charge on any atom is 0.331 e. The zero-order valence-corrected chi connectivity index (χ0v) is 18.5. The lowest BCUT2D eigenvalue weighted by molar-refractivity contribution is -0.142. The average molecular weight is 450 g/mol. The molecule has 0 aliphatic rings. The third-order valence-corrected chi connectivity index (χ3v) is 4.85. The number of carbonyl (C=O) groups excluding carboxylic acids is 2. The van der Waals surface area contributed by atoms with E-state index in [0.29, 0.717) is 23.1 Å². The van der Waals surface area contributed by atoms with Crippen LogP contribution < -0.4 is 10.1 Å². The second-order valence-electron chi connectivity index (χ2n) is 7.02. The third kappa shape index (κ3) is 7.60. The largest absolute Gasteiger partial charge is 0.489 e. The molecule has 0 aliphatic heterocycles. The minimum Gasteiger partial charge on any atom is -0.489 e. The van der Waals surface area contributed by atoms with Crippen molar-refractivity contribution in [3.05, 3.63) is 101 Å². The predicted molar refractivity (Wildman–Crippen MR) is 127 cm³/mol. The Labute approximate surface area is 192 Å². The second-order valence-corrected chi connectivity index (χ2v) is 7.46. The molecule has 0 aliphatic carbocycles. The number of rotatable bonds is 9. The van der Waals surface area contributed by atoms with Crippen molar-refractivity contribution in [3.8, 4) is 5.75 Å². The summed E-state index contributed by atoms with van der Waals surface area (Å²) < 4.78 is 10.7. The van der Waals surface area contributed by atoms with Gasteiger partial charge in [0, 0.05) is 16.8 Å². The summed E-state index contributed by atoms with van der Waals surface area (Å²) in [6, 6.07) is 22.3. The molecule has 3 rings (SSSR count). The molecule has 0 saturated carbocycles. The molecule has 0 aromatic heterocycles. The number of carbonyl (C=O) groups is 2. The number of hydrogen-bond donors (Lipinski definition) is 1. The number of aryl methyl sites for hydroxylation is 1. The van der Waals surface area contributed by atoms with E-state index in [4.69, 9.17) is 21.1 Å². The number of esters is 1. The molecule has 0 fully saturated rings. The summed E-state index contributed by atoms with van der Waals surface area (Å²) in [7, 11) is 0. The Hall–Kier alpha value is -3.57. The Morgan fingerprint density at radius 1 is 0.906 bits per heavy atom. The monoisotopic (exact) mass is 449 g/mol. The molecule has 32 heavy (non-hydrogen) atoms. The molecule has 0 saturated heterocycles. The van der Waals surface area contributed by atoms with Crippen LogP contribution in [0.25, 0.3) is 6.08 Å². The number of anilines is 1. The van der Waals surface area contributed by atoms with Gasteiger partial charge in [-0.1, -0.05) is 54.9 Å². The smallest absolute Gasteiger partial charge is 0.331 e. The van der Waals surface area contributed by atoms with Gasteiger partial charge in [-0.2, -0.15) is 0 Å². The molecular formula is C26H24ClNO4. The van der Waals surface area contributed by atoms with Crippen LogP contribution in [-0.4, -0.2) is 18.5 Å². The van der Waals surface area contributed by atoms with E-state index in [-0.39, 0.29) is 6.61 Å². The van der Waals surface area contributed by atoms with Gasteiger partial charge in [-0.15, -0.1) is 0 Å². The van der Waals surface area contributed by atoms with Crippen LogP contribution in [0, 0.1) is 0 Å². The minimum atomic E-state index is -0.593. The van der Waals surface area contributed by atoms with E-state index in [0.717, 1.165) is 17.5 Å². The molecule has 1 N–H and O–H groups in total. The van der Waals surface area contributed by atoms with Crippen molar-refractivity contribution in [2.24, 2.45) is 0 Å². The summed E-state index contributed by atoms with van der Waals surface area (Å²) in [5.74, 6) is -0.272. The number of benzene rings is 3. The summed E-state index contributed by atoms with van der Waals surface area (Å²) in [4.78, 5) is 23.8. The van der Waals surface area contributed by atoms with Crippen molar-refractivity contribution in [3.63, 3.8) is 0 Å². The summed E-state index contributed by atoms with van der Waals surface area (Å²) in [6.45, 7) is 2.14. The normalized spacial score (nSPS) is 10.7. The molecule has 3 aromatic carbocycles. The fraction of sp³-hybridized carbons (Fsp3) is 0.154. The van der Waals surface area contributed by atoms with E-state index in [1.165, 1.54) is 11.6 Å². The maximum absolute atomic E-state index is 11.9. The minimum absolute atomic E-state index is 0.351. The first kappa shape index (κ1) is 23.1. The summed E-state index contributed by atoms with van der Waals surface area (Å²) in [5.41, 5.74) is 3.67.